The van der Waals surface area contributed by atoms with E-state index in [2.05, 4.69) is 4.98 Å². The first-order chi connectivity index (χ1) is 6.49. The summed E-state index contributed by atoms with van der Waals surface area (Å²) >= 11 is 5.85. The number of carbonyl (C=O) groups excluding carboxylic acids is 1. The van der Waals surface area contributed by atoms with E-state index in [1.165, 1.54) is 6.20 Å². The largest absolute Gasteiger partial charge is 0.483 e. The predicted molar refractivity (Wildman–Crippen MR) is 52.9 cm³/mol. The van der Waals surface area contributed by atoms with Gasteiger partial charge in [-0.25, -0.2) is 4.98 Å². The van der Waals surface area contributed by atoms with E-state index < -0.39 is 5.60 Å². The number of ketones is 1. The number of Topliss-reactive ketones (excluding diaryl/α,β-unsaturated/α-hetero) is 1. The normalized spacial score (nSPS) is 18.6. The number of hydrogen-bond acceptors (Lipinski definition) is 3. The number of halogens is 1. The Morgan fingerprint density at radius 1 is 1.57 bits per heavy atom. The molecule has 0 spiro atoms. The van der Waals surface area contributed by atoms with Crippen LogP contribution in [0.1, 0.15) is 30.6 Å². The lowest BCUT2D eigenvalue weighted by molar-refractivity contribution is 0.0618. The zero-order valence-corrected chi connectivity index (χ0v) is 8.76. The van der Waals surface area contributed by atoms with E-state index in [-0.39, 0.29) is 10.9 Å². The standard InChI is InChI=1S/C10H10ClNO2/c1-10(2)5-7(13)6-3-4-12-9(11)8(6)14-10/h3-4H,5H2,1-2H3. The van der Waals surface area contributed by atoms with Gasteiger partial charge in [-0.1, -0.05) is 11.6 Å². The van der Waals surface area contributed by atoms with E-state index in [0.717, 1.165) is 0 Å². The highest BCUT2D eigenvalue weighted by Crippen LogP contribution is 2.36. The van der Waals surface area contributed by atoms with Gasteiger partial charge in [0.15, 0.2) is 16.7 Å². The first kappa shape index (κ1) is 9.46. The fourth-order valence-electron chi connectivity index (χ4n) is 1.53. The van der Waals surface area contributed by atoms with Gasteiger partial charge in [0.05, 0.1) is 12.0 Å². The number of ether oxygens (including phenoxy) is 1. The molecule has 1 aromatic rings. The van der Waals surface area contributed by atoms with Crippen molar-refractivity contribution in [1.82, 2.24) is 4.98 Å². The van der Waals surface area contributed by atoms with E-state index in [4.69, 9.17) is 16.3 Å². The molecule has 1 aliphatic heterocycles. The highest BCUT2D eigenvalue weighted by atomic mass is 35.5. The van der Waals surface area contributed by atoms with Crippen molar-refractivity contribution in [3.8, 4) is 5.75 Å². The Kier molecular flexibility index (Phi) is 2.00. The maximum atomic E-state index is 11.7. The van der Waals surface area contributed by atoms with Gasteiger partial charge in [-0.15, -0.1) is 0 Å². The van der Waals surface area contributed by atoms with Gasteiger partial charge < -0.3 is 4.74 Å². The number of pyridine rings is 1. The van der Waals surface area contributed by atoms with Crippen LogP contribution in [0.25, 0.3) is 0 Å². The Morgan fingerprint density at radius 2 is 2.29 bits per heavy atom. The first-order valence-corrected chi connectivity index (χ1v) is 4.74. The Bertz CT molecular complexity index is 401. The smallest absolute Gasteiger partial charge is 0.171 e. The molecule has 0 unspecified atom stereocenters. The molecule has 0 aromatic carbocycles. The van der Waals surface area contributed by atoms with Gasteiger partial charge in [-0.2, -0.15) is 0 Å². The highest BCUT2D eigenvalue weighted by Gasteiger charge is 2.33. The second-order valence-corrected chi connectivity index (χ2v) is 4.30. The summed E-state index contributed by atoms with van der Waals surface area (Å²) < 4.78 is 5.61. The number of nitrogens with zero attached hydrogens (tertiary/aromatic N) is 1. The molecule has 74 valence electrons. The lowest BCUT2D eigenvalue weighted by atomic mass is 9.94. The highest BCUT2D eigenvalue weighted by molar-refractivity contribution is 6.31. The van der Waals surface area contributed by atoms with E-state index in [9.17, 15) is 4.79 Å². The molecule has 0 fully saturated rings. The monoisotopic (exact) mass is 211 g/mol. The van der Waals surface area contributed by atoms with E-state index in [1.807, 2.05) is 13.8 Å². The van der Waals surface area contributed by atoms with Crippen LogP contribution in [0.3, 0.4) is 0 Å². The van der Waals surface area contributed by atoms with Crippen LogP contribution >= 0.6 is 11.6 Å². The van der Waals surface area contributed by atoms with Gasteiger partial charge in [0.1, 0.15) is 5.60 Å². The van der Waals surface area contributed by atoms with Crippen LogP contribution < -0.4 is 4.74 Å². The second-order valence-electron chi connectivity index (χ2n) is 3.94. The van der Waals surface area contributed by atoms with Crippen LogP contribution in [0.4, 0.5) is 0 Å². The molecule has 2 heterocycles. The zero-order chi connectivity index (χ0) is 10.3. The van der Waals surface area contributed by atoms with Crippen LogP contribution in [-0.4, -0.2) is 16.4 Å². The summed E-state index contributed by atoms with van der Waals surface area (Å²) in [5, 5.41) is 0.253. The number of fused-ring (bicyclic) bond motifs is 1. The van der Waals surface area contributed by atoms with Crippen LogP contribution in [0, 0.1) is 0 Å². The number of aromatic nitrogens is 1. The SMILES string of the molecule is CC1(C)CC(=O)c2ccnc(Cl)c2O1. The molecule has 1 aliphatic rings. The molecule has 0 aliphatic carbocycles. The summed E-state index contributed by atoms with van der Waals surface area (Å²) in [4.78, 5) is 15.6. The number of hydrogen-bond donors (Lipinski definition) is 0. The number of carbonyl (C=O) groups is 1. The maximum absolute atomic E-state index is 11.7. The quantitative estimate of drug-likeness (QED) is 0.619. The van der Waals surface area contributed by atoms with Crippen molar-refractivity contribution < 1.29 is 9.53 Å². The zero-order valence-electron chi connectivity index (χ0n) is 8.00. The molecule has 0 atom stereocenters. The Morgan fingerprint density at radius 3 is 3.00 bits per heavy atom. The lowest BCUT2D eigenvalue weighted by Gasteiger charge is -2.31. The molecular weight excluding hydrogens is 202 g/mol. The van der Waals surface area contributed by atoms with Gasteiger partial charge in [0.2, 0.25) is 0 Å². The predicted octanol–water partition coefficient (Wildman–Crippen LogP) is 2.48. The molecule has 0 saturated carbocycles. The third-order valence-electron chi connectivity index (χ3n) is 2.13. The minimum Gasteiger partial charge on any atom is -0.483 e. The van der Waals surface area contributed by atoms with Gasteiger partial charge in [0, 0.05) is 6.20 Å². The van der Waals surface area contributed by atoms with E-state index >= 15 is 0 Å². The molecule has 2 rings (SSSR count). The summed E-state index contributed by atoms with van der Waals surface area (Å²) in [7, 11) is 0. The minimum absolute atomic E-state index is 0.0561. The van der Waals surface area contributed by atoms with Crippen molar-refractivity contribution in [2.24, 2.45) is 0 Å². The topological polar surface area (TPSA) is 39.2 Å². The summed E-state index contributed by atoms with van der Waals surface area (Å²) in [6.07, 6.45) is 1.89. The second kappa shape index (κ2) is 2.95. The molecule has 0 radical (unpaired) electrons. The lowest BCUT2D eigenvalue weighted by Crippen LogP contribution is -2.36. The van der Waals surface area contributed by atoms with Crippen LogP contribution in [0.15, 0.2) is 12.3 Å². The van der Waals surface area contributed by atoms with Crippen molar-refractivity contribution >= 4 is 17.4 Å². The van der Waals surface area contributed by atoms with Crippen LogP contribution in [0.5, 0.6) is 5.75 Å². The van der Waals surface area contributed by atoms with E-state index in [1.54, 1.807) is 6.07 Å². The maximum Gasteiger partial charge on any atom is 0.171 e. The average molecular weight is 212 g/mol. The van der Waals surface area contributed by atoms with Crippen molar-refractivity contribution in [2.45, 2.75) is 25.9 Å². The van der Waals surface area contributed by atoms with Crippen LogP contribution in [0.2, 0.25) is 5.15 Å². The summed E-state index contributed by atoms with van der Waals surface area (Å²) in [5.74, 6) is 0.468. The molecule has 3 nitrogen and oxygen atoms in total. The molecule has 1 aromatic heterocycles. The van der Waals surface area contributed by atoms with Gasteiger partial charge in [-0.3, -0.25) is 4.79 Å². The van der Waals surface area contributed by atoms with Crippen molar-refractivity contribution in [2.75, 3.05) is 0 Å². The molecular formula is C10H10ClNO2. The Hall–Kier alpha value is -1.09. The van der Waals surface area contributed by atoms with Crippen molar-refractivity contribution in [3.63, 3.8) is 0 Å². The minimum atomic E-state index is -0.489. The third kappa shape index (κ3) is 1.48. The fraction of sp³-hybridized carbons (Fsp3) is 0.400. The molecule has 0 bridgehead atoms. The molecule has 0 amide bonds. The summed E-state index contributed by atoms with van der Waals surface area (Å²) in [5.41, 5.74) is 0.0425. The first-order valence-electron chi connectivity index (χ1n) is 4.36. The van der Waals surface area contributed by atoms with Crippen molar-refractivity contribution in [1.29, 1.82) is 0 Å². The molecule has 4 heteroatoms. The van der Waals surface area contributed by atoms with Crippen LogP contribution in [-0.2, 0) is 0 Å². The molecule has 0 saturated heterocycles. The average Bonchev–Trinajstić information content (AvgIpc) is 2.05. The van der Waals surface area contributed by atoms with Gasteiger partial charge >= 0.3 is 0 Å². The summed E-state index contributed by atoms with van der Waals surface area (Å²) in [6.45, 7) is 3.72. The molecule has 0 N–H and O–H groups in total. The Labute approximate surface area is 87.0 Å². The fourth-order valence-corrected chi connectivity index (χ4v) is 1.73. The van der Waals surface area contributed by atoms with Gasteiger partial charge in [-0.05, 0) is 19.9 Å². The third-order valence-corrected chi connectivity index (χ3v) is 2.40. The van der Waals surface area contributed by atoms with Gasteiger partial charge in [0.25, 0.3) is 0 Å². The van der Waals surface area contributed by atoms with Crippen molar-refractivity contribution in [3.05, 3.63) is 23.0 Å². The number of rotatable bonds is 0. The van der Waals surface area contributed by atoms with E-state index in [0.29, 0.717) is 17.7 Å². The molecule has 14 heavy (non-hydrogen) atoms. The Balaban J connectivity index is 2.56. The summed E-state index contributed by atoms with van der Waals surface area (Å²) in [6, 6.07) is 1.64.